The third-order valence-electron chi connectivity index (χ3n) is 2.66. The summed E-state index contributed by atoms with van der Waals surface area (Å²) in [5.41, 5.74) is 12.6. The number of aromatic nitrogens is 2. The van der Waals surface area contributed by atoms with Crippen LogP contribution < -0.4 is 16.2 Å². The number of hydrogen-bond donors (Lipinski definition) is 3. The van der Waals surface area contributed by atoms with Crippen LogP contribution in [0.4, 0.5) is 5.82 Å². The fourth-order valence-corrected chi connectivity index (χ4v) is 1.51. The average Bonchev–Trinajstić information content (AvgIpc) is 2.91. The van der Waals surface area contributed by atoms with E-state index in [4.69, 9.17) is 16.2 Å². The molecule has 110 valence electrons. The maximum atomic E-state index is 9.54. The number of nitrogen functional groups attached to an aromatic ring is 1. The van der Waals surface area contributed by atoms with E-state index in [1.807, 2.05) is 0 Å². The third kappa shape index (κ3) is 3.08. The summed E-state index contributed by atoms with van der Waals surface area (Å²) in [4.78, 5) is 0. The molecule has 0 spiro atoms. The van der Waals surface area contributed by atoms with Crippen LogP contribution in [0.5, 0.6) is 11.5 Å². The van der Waals surface area contributed by atoms with E-state index in [0.29, 0.717) is 17.0 Å². The molecule has 1 aromatic carbocycles. The molecule has 0 aliphatic heterocycles. The summed E-state index contributed by atoms with van der Waals surface area (Å²) >= 11 is 0. The summed E-state index contributed by atoms with van der Waals surface area (Å²) in [6, 6.07) is 4.81. The van der Waals surface area contributed by atoms with Gasteiger partial charge in [-0.3, -0.25) is 0 Å². The zero-order valence-electron chi connectivity index (χ0n) is 11.4. The minimum atomic E-state index is -0.0150. The number of phenols is 1. The molecule has 9 nitrogen and oxygen atoms in total. The lowest BCUT2D eigenvalue weighted by Crippen LogP contribution is -2.15. The van der Waals surface area contributed by atoms with Crippen LogP contribution >= 0.6 is 0 Å². The first-order chi connectivity index (χ1) is 10.0. The first-order valence-electron chi connectivity index (χ1n) is 5.86. The van der Waals surface area contributed by atoms with Gasteiger partial charge in [-0.15, -0.1) is 5.10 Å². The normalized spacial score (nSPS) is 12.5. The van der Waals surface area contributed by atoms with Gasteiger partial charge in [-0.2, -0.15) is 5.10 Å². The highest BCUT2D eigenvalue weighted by Crippen LogP contribution is 2.26. The molecule has 0 aliphatic rings. The van der Waals surface area contributed by atoms with E-state index >= 15 is 0 Å². The van der Waals surface area contributed by atoms with Gasteiger partial charge in [-0.1, -0.05) is 0 Å². The zero-order chi connectivity index (χ0) is 15.4. The van der Waals surface area contributed by atoms with Crippen LogP contribution in [0.2, 0.25) is 0 Å². The van der Waals surface area contributed by atoms with Crippen LogP contribution in [-0.4, -0.2) is 34.1 Å². The van der Waals surface area contributed by atoms with Crippen molar-refractivity contribution < 1.29 is 14.5 Å². The number of ether oxygens (including phenoxy) is 1. The van der Waals surface area contributed by atoms with Crippen molar-refractivity contribution >= 4 is 17.4 Å². The SMILES string of the molecule is COc1cc(/C(C)=N/N=C(N)c2nonc2N)ccc1O. The van der Waals surface area contributed by atoms with Crippen molar-refractivity contribution in [3.8, 4) is 11.5 Å². The van der Waals surface area contributed by atoms with Crippen LogP contribution in [0, 0.1) is 0 Å². The summed E-state index contributed by atoms with van der Waals surface area (Å²) in [5.74, 6) is 0.400. The molecule has 0 bridgehead atoms. The number of nitrogens with zero attached hydrogens (tertiary/aromatic N) is 4. The molecule has 0 saturated carbocycles. The van der Waals surface area contributed by atoms with E-state index in [9.17, 15) is 5.11 Å². The van der Waals surface area contributed by atoms with Crippen LogP contribution in [0.3, 0.4) is 0 Å². The highest BCUT2D eigenvalue weighted by Gasteiger charge is 2.10. The molecular weight excluding hydrogens is 276 g/mol. The summed E-state index contributed by atoms with van der Waals surface area (Å²) in [6.45, 7) is 1.73. The highest BCUT2D eigenvalue weighted by molar-refractivity contribution is 6.02. The number of methoxy groups -OCH3 is 1. The Bertz CT molecular complexity index is 707. The molecular formula is C12H14N6O3. The second kappa shape index (κ2) is 5.90. The van der Waals surface area contributed by atoms with Gasteiger partial charge in [0.2, 0.25) is 0 Å². The molecule has 0 saturated heterocycles. The molecule has 0 atom stereocenters. The Hall–Kier alpha value is -3.10. The summed E-state index contributed by atoms with van der Waals surface area (Å²) < 4.78 is 9.45. The van der Waals surface area contributed by atoms with Crippen LogP contribution in [-0.2, 0) is 0 Å². The molecule has 1 aromatic heterocycles. The lowest BCUT2D eigenvalue weighted by atomic mass is 10.1. The van der Waals surface area contributed by atoms with E-state index in [0.717, 1.165) is 0 Å². The molecule has 0 fully saturated rings. The Labute approximate surface area is 119 Å². The van der Waals surface area contributed by atoms with E-state index in [2.05, 4.69) is 25.1 Å². The number of anilines is 1. The van der Waals surface area contributed by atoms with Crippen molar-refractivity contribution in [2.75, 3.05) is 12.8 Å². The Balaban J connectivity index is 2.27. The molecule has 21 heavy (non-hydrogen) atoms. The van der Waals surface area contributed by atoms with Gasteiger partial charge in [0.1, 0.15) is 0 Å². The van der Waals surface area contributed by atoms with Crippen molar-refractivity contribution in [1.82, 2.24) is 10.3 Å². The van der Waals surface area contributed by atoms with Crippen molar-refractivity contribution in [2.24, 2.45) is 15.9 Å². The molecule has 2 rings (SSSR count). The lowest BCUT2D eigenvalue weighted by molar-refractivity contribution is 0.308. The van der Waals surface area contributed by atoms with Crippen LogP contribution in [0.15, 0.2) is 33.0 Å². The van der Waals surface area contributed by atoms with Gasteiger partial charge in [0.25, 0.3) is 0 Å². The van der Waals surface area contributed by atoms with Crippen LogP contribution in [0.1, 0.15) is 18.2 Å². The van der Waals surface area contributed by atoms with E-state index in [1.165, 1.54) is 13.2 Å². The molecule has 0 amide bonds. The largest absolute Gasteiger partial charge is 0.504 e. The fourth-order valence-electron chi connectivity index (χ4n) is 1.51. The Morgan fingerprint density at radius 1 is 1.33 bits per heavy atom. The summed E-state index contributed by atoms with van der Waals surface area (Å²) in [5, 5.41) is 24.2. The highest BCUT2D eigenvalue weighted by atomic mass is 16.6. The number of phenolic OH excluding ortho intramolecular Hbond substituents is 1. The summed E-state index contributed by atoms with van der Waals surface area (Å²) in [7, 11) is 1.46. The predicted molar refractivity (Wildman–Crippen MR) is 76.3 cm³/mol. The first kappa shape index (κ1) is 14.3. The molecule has 5 N–H and O–H groups in total. The maximum Gasteiger partial charge on any atom is 0.199 e. The third-order valence-corrected chi connectivity index (χ3v) is 2.66. The fraction of sp³-hybridized carbons (Fsp3) is 0.167. The first-order valence-corrected chi connectivity index (χ1v) is 5.86. The number of rotatable bonds is 4. The van der Waals surface area contributed by atoms with Gasteiger partial charge >= 0.3 is 0 Å². The minimum Gasteiger partial charge on any atom is -0.504 e. The van der Waals surface area contributed by atoms with Gasteiger partial charge < -0.3 is 21.3 Å². The van der Waals surface area contributed by atoms with Gasteiger partial charge in [0.05, 0.1) is 12.8 Å². The van der Waals surface area contributed by atoms with Crippen molar-refractivity contribution in [2.45, 2.75) is 6.92 Å². The van der Waals surface area contributed by atoms with Gasteiger partial charge in [0, 0.05) is 5.56 Å². The van der Waals surface area contributed by atoms with Gasteiger partial charge in [-0.25, -0.2) is 4.63 Å². The van der Waals surface area contributed by atoms with Crippen molar-refractivity contribution in [3.63, 3.8) is 0 Å². The number of nitrogens with two attached hydrogens (primary N) is 2. The van der Waals surface area contributed by atoms with Gasteiger partial charge in [-0.05, 0) is 35.4 Å². The molecule has 9 heteroatoms. The van der Waals surface area contributed by atoms with Gasteiger partial charge in [0.15, 0.2) is 28.8 Å². The predicted octanol–water partition coefficient (Wildman–Crippen LogP) is 0.495. The second-order valence-electron chi connectivity index (χ2n) is 4.06. The average molecular weight is 290 g/mol. The maximum absolute atomic E-state index is 9.54. The zero-order valence-corrected chi connectivity index (χ0v) is 11.4. The van der Waals surface area contributed by atoms with Crippen molar-refractivity contribution in [3.05, 3.63) is 29.5 Å². The molecule has 1 heterocycles. The second-order valence-corrected chi connectivity index (χ2v) is 4.06. The van der Waals surface area contributed by atoms with Crippen LogP contribution in [0.25, 0.3) is 0 Å². The Morgan fingerprint density at radius 2 is 2.10 bits per heavy atom. The lowest BCUT2D eigenvalue weighted by Gasteiger charge is -2.05. The number of amidine groups is 1. The van der Waals surface area contributed by atoms with E-state index in [-0.39, 0.29) is 23.1 Å². The Kier molecular flexibility index (Phi) is 4.02. The molecule has 0 unspecified atom stereocenters. The van der Waals surface area contributed by atoms with E-state index in [1.54, 1.807) is 19.1 Å². The number of hydrogen-bond acceptors (Lipinski definition) is 8. The van der Waals surface area contributed by atoms with E-state index < -0.39 is 0 Å². The minimum absolute atomic E-state index is 0.0150. The summed E-state index contributed by atoms with van der Waals surface area (Å²) in [6.07, 6.45) is 0. The molecule has 0 aliphatic carbocycles. The standard InChI is InChI=1S/C12H14N6O3/c1-6(7-3-4-8(19)9(5-7)20-2)15-16-11(13)10-12(14)18-21-17-10/h3-5,19H,1-2H3,(H2,13,16)(H2,14,18)/b15-6+. The number of benzene rings is 1. The quantitative estimate of drug-likeness (QED) is 0.422. The molecule has 0 radical (unpaired) electrons. The molecule has 2 aromatic rings. The smallest absolute Gasteiger partial charge is 0.199 e. The topological polar surface area (TPSA) is 145 Å². The van der Waals surface area contributed by atoms with Crippen molar-refractivity contribution in [1.29, 1.82) is 0 Å². The Morgan fingerprint density at radius 3 is 2.71 bits per heavy atom. The monoisotopic (exact) mass is 290 g/mol. The number of aromatic hydroxyl groups is 1.